The number of carbonyl (C=O) groups is 2. The van der Waals surface area contributed by atoms with Gasteiger partial charge in [0.05, 0.1) is 13.0 Å². The van der Waals surface area contributed by atoms with Gasteiger partial charge in [-0.2, -0.15) is 17.0 Å². The summed E-state index contributed by atoms with van der Waals surface area (Å²) in [6.45, 7) is 0.251. The molecule has 9 heteroatoms. The van der Waals surface area contributed by atoms with E-state index in [0.717, 1.165) is 8.61 Å². The van der Waals surface area contributed by atoms with Crippen LogP contribution in [0.1, 0.15) is 6.42 Å². The van der Waals surface area contributed by atoms with Crippen LogP contribution in [0, 0.1) is 0 Å². The number of amides is 1. The van der Waals surface area contributed by atoms with E-state index in [-0.39, 0.29) is 32.0 Å². The maximum Gasteiger partial charge on any atom is 0.304 e. The highest BCUT2D eigenvalue weighted by Crippen LogP contribution is 2.11. The summed E-state index contributed by atoms with van der Waals surface area (Å²) in [6, 6.07) is 0. The third-order valence-corrected chi connectivity index (χ3v) is 4.72. The fourth-order valence-corrected chi connectivity index (χ4v) is 2.80. The molecule has 0 aromatic rings. The first kappa shape index (κ1) is 14.9. The number of likely N-dealkylation sites (N-methyl/N-ethyl adjacent to an activating group) is 1. The summed E-state index contributed by atoms with van der Waals surface area (Å²) in [5, 5.41) is 8.52. The Kier molecular flexibility index (Phi) is 4.65. The molecule has 1 aliphatic rings. The van der Waals surface area contributed by atoms with Crippen LogP contribution < -0.4 is 0 Å². The molecule has 1 N–H and O–H groups in total. The first-order chi connectivity index (χ1) is 8.25. The monoisotopic (exact) mass is 279 g/mol. The second-order valence-corrected chi connectivity index (χ2v) is 6.16. The number of nitrogens with zero attached hydrogens (tertiary/aromatic N) is 3. The first-order valence-electron chi connectivity index (χ1n) is 5.42. The van der Waals surface area contributed by atoms with Crippen LogP contribution in [0.2, 0.25) is 0 Å². The van der Waals surface area contributed by atoms with Crippen LogP contribution in [0.25, 0.3) is 0 Å². The number of carboxylic acid groups (broad SMARTS) is 1. The third-order valence-electron chi connectivity index (χ3n) is 2.78. The quantitative estimate of drug-likeness (QED) is 0.654. The smallest absolute Gasteiger partial charge is 0.304 e. The molecule has 0 aliphatic carbocycles. The van der Waals surface area contributed by atoms with Gasteiger partial charge in [0.25, 0.3) is 10.2 Å². The Bertz CT molecular complexity index is 435. The molecule has 18 heavy (non-hydrogen) atoms. The fraction of sp³-hybridized carbons (Fsp3) is 0.778. The number of carboxylic acids is 1. The van der Waals surface area contributed by atoms with Gasteiger partial charge in [0.1, 0.15) is 0 Å². The zero-order valence-corrected chi connectivity index (χ0v) is 11.2. The number of hydrogen-bond donors (Lipinski definition) is 1. The van der Waals surface area contributed by atoms with Gasteiger partial charge in [-0.15, -0.1) is 0 Å². The molecule has 0 aromatic carbocycles. The minimum atomic E-state index is -3.76. The van der Waals surface area contributed by atoms with E-state index >= 15 is 0 Å². The van der Waals surface area contributed by atoms with Crippen LogP contribution in [-0.4, -0.2) is 79.2 Å². The van der Waals surface area contributed by atoms with Crippen LogP contribution in [0.5, 0.6) is 0 Å². The molecule has 0 aromatic heterocycles. The van der Waals surface area contributed by atoms with Crippen molar-refractivity contribution in [2.45, 2.75) is 6.42 Å². The van der Waals surface area contributed by atoms with Gasteiger partial charge in [-0.25, -0.2) is 0 Å². The summed E-state index contributed by atoms with van der Waals surface area (Å²) in [4.78, 5) is 23.3. The van der Waals surface area contributed by atoms with Crippen LogP contribution in [0.15, 0.2) is 0 Å². The number of rotatable bonds is 5. The maximum atomic E-state index is 12.0. The highest BCUT2D eigenvalue weighted by molar-refractivity contribution is 7.86. The van der Waals surface area contributed by atoms with Crippen LogP contribution in [0.3, 0.4) is 0 Å². The van der Waals surface area contributed by atoms with E-state index in [0.29, 0.717) is 6.54 Å². The van der Waals surface area contributed by atoms with Gasteiger partial charge in [-0.05, 0) is 0 Å². The van der Waals surface area contributed by atoms with E-state index in [1.165, 1.54) is 11.9 Å². The van der Waals surface area contributed by atoms with Gasteiger partial charge in [-0.1, -0.05) is 0 Å². The first-order valence-corrected chi connectivity index (χ1v) is 6.82. The summed E-state index contributed by atoms with van der Waals surface area (Å²) < 4.78 is 26.1. The van der Waals surface area contributed by atoms with Gasteiger partial charge in [0.2, 0.25) is 5.91 Å². The minimum absolute atomic E-state index is 0.113. The Balaban J connectivity index is 2.68. The lowest BCUT2D eigenvalue weighted by Crippen LogP contribution is -2.54. The molecule has 8 nitrogen and oxygen atoms in total. The van der Waals surface area contributed by atoms with E-state index in [9.17, 15) is 18.0 Å². The molecule has 0 atom stereocenters. The van der Waals surface area contributed by atoms with Gasteiger partial charge in [0, 0.05) is 33.7 Å². The maximum absolute atomic E-state index is 12.0. The predicted octanol–water partition coefficient (Wildman–Crippen LogP) is -1.59. The van der Waals surface area contributed by atoms with Crippen molar-refractivity contribution in [3.63, 3.8) is 0 Å². The number of piperazine rings is 1. The summed E-state index contributed by atoms with van der Waals surface area (Å²) in [6.07, 6.45) is -0.266. The molecule has 1 aliphatic heterocycles. The Morgan fingerprint density at radius 1 is 1.44 bits per heavy atom. The standard InChI is InChI=1S/C9H17N3O5S/c1-10-5-6-12(7-8(10)13)18(16,17)11(2)4-3-9(14)15/h3-7H2,1-2H3,(H,14,15). The minimum Gasteiger partial charge on any atom is -0.481 e. The van der Waals surface area contributed by atoms with E-state index in [1.807, 2.05) is 0 Å². The lowest BCUT2D eigenvalue weighted by Gasteiger charge is -2.33. The molecule has 0 radical (unpaired) electrons. The van der Waals surface area contributed by atoms with Crippen molar-refractivity contribution in [1.29, 1.82) is 0 Å². The van der Waals surface area contributed by atoms with E-state index in [2.05, 4.69) is 0 Å². The van der Waals surface area contributed by atoms with Gasteiger partial charge in [0.15, 0.2) is 0 Å². The lowest BCUT2D eigenvalue weighted by molar-refractivity contribution is -0.137. The molecular weight excluding hydrogens is 262 g/mol. The van der Waals surface area contributed by atoms with Crippen LogP contribution >= 0.6 is 0 Å². The fourth-order valence-electron chi connectivity index (χ4n) is 1.50. The Hall–Kier alpha value is -1.19. The average molecular weight is 279 g/mol. The van der Waals surface area contributed by atoms with Crippen LogP contribution in [-0.2, 0) is 19.8 Å². The number of hydrogen-bond acceptors (Lipinski definition) is 4. The Morgan fingerprint density at radius 2 is 2.06 bits per heavy atom. The molecule has 0 unspecified atom stereocenters. The van der Waals surface area contributed by atoms with Crippen molar-refractivity contribution in [3.8, 4) is 0 Å². The molecule has 1 amide bonds. The molecule has 0 saturated carbocycles. The molecule has 0 bridgehead atoms. The summed E-state index contributed by atoms with van der Waals surface area (Å²) in [7, 11) is -0.840. The van der Waals surface area contributed by atoms with Crippen molar-refractivity contribution in [3.05, 3.63) is 0 Å². The molecule has 1 saturated heterocycles. The average Bonchev–Trinajstić information content (AvgIpc) is 2.29. The second-order valence-electron chi connectivity index (χ2n) is 4.12. The lowest BCUT2D eigenvalue weighted by atomic mass is 10.4. The zero-order valence-electron chi connectivity index (χ0n) is 10.4. The van der Waals surface area contributed by atoms with Gasteiger partial charge >= 0.3 is 5.97 Å². The number of carbonyl (C=O) groups excluding carboxylic acids is 1. The number of aliphatic carboxylic acids is 1. The van der Waals surface area contributed by atoms with Crippen molar-refractivity contribution < 1.29 is 23.1 Å². The van der Waals surface area contributed by atoms with Crippen molar-refractivity contribution in [2.24, 2.45) is 0 Å². The zero-order chi connectivity index (χ0) is 13.9. The van der Waals surface area contributed by atoms with Crippen molar-refractivity contribution in [1.82, 2.24) is 13.5 Å². The molecule has 1 heterocycles. The van der Waals surface area contributed by atoms with E-state index < -0.39 is 16.2 Å². The van der Waals surface area contributed by atoms with Gasteiger partial charge in [-0.3, -0.25) is 9.59 Å². The van der Waals surface area contributed by atoms with Crippen molar-refractivity contribution >= 4 is 22.1 Å². The molecule has 1 rings (SSSR count). The largest absolute Gasteiger partial charge is 0.481 e. The molecular formula is C9H17N3O5S. The highest BCUT2D eigenvalue weighted by atomic mass is 32.2. The summed E-state index contributed by atoms with van der Waals surface area (Å²) >= 11 is 0. The SMILES string of the molecule is CN1CCN(S(=O)(=O)N(C)CCC(=O)O)CC1=O. The molecule has 104 valence electrons. The second kappa shape index (κ2) is 5.63. The predicted molar refractivity (Wildman–Crippen MR) is 63.0 cm³/mol. The van der Waals surface area contributed by atoms with Crippen LogP contribution in [0.4, 0.5) is 0 Å². The van der Waals surface area contributed by atoms with E-state index in [1.54, 1.807) is 7.05 Å². The normalized spacial score (nSPS) is 18.4. The van der Waals surface area contributed by atoms with E-state index in [4.69, 9.17) is 5.11 Å². The third kappa shape index (κ3) is 3.40. The Morgan fingerprint density at radius 3 is 2.56 bits per heavy atom. The topological polar surface area (TPSA) is 98.2 Å². The highest BCUT2D eigenvalue weighted by Gasteiger charge is 2.32. The summed E-state index contributed by atoms with van der Waals surface area (Å²) in [5.74, 6) is -1.33. The van der Waals surface area contributed by atoms with Gasteiger partial charge < -0.3 is 10.0 Å². The molecule has 0 spiro atoms. The summed E-state index contributed by atoms with van der Waals surface area (Å²) in [5.41, 5.74) is 0. The Labute approximate surface area is 106 Å². The van der Waals surface area contributed by atoms with Crippen molar-refractivity contribution in [2.75, 3.05) is 40.3 Å². The molecule has 1 fully saturated rings.